The van der Waals surface area contributed by atoms with Crippen molar-refractivity contribution in [2.45, 2.75) is 10.4 Å². The molecule has 0 saturated heterocycles. The van der Waals surface area contributed by atoms with E-state index in [-0.39, 0.29) is 0 Å². The van der Waals surface area contributed by atoms with E-state index in [0.29, 0.717) is 17.2 Å². The molecule has 0 spiro atoms. The quantitative estimate of drug-likeness (QED) is 0.900. The molecular formula is C13H12F3N3O2S. The van der Waals surface area contributed by atoms with Crippen molar-refractivity contribution in [3.8, 4) is 0 Å². The summed E-state index contributed by atoms with van der Waals surface area (Å²) in [7, 11) is -3.61. The summed E-state index contributed by atoms with van der Waals surface area (Å²) in [6, 6.07) is 7.75. The second kappa shape index (κ2) is 5.84. The first-order valence-corrected chi connectivity index (χ1v) is 7.54. The molecule has 1 aromatic heterocycles. The smallest absolute Gasteiger partial charge is 0.373 e. The first-order valence-electron chi connectivity index (χ1n) is 6.06. The van der Waals surface area contributed by atoms with Crippen molar-refractivity contribution < 1.29 is 21.6 Å². The summed E-state index contributed by atoms with van der Waals surface area (Å²) in [5.41, 5.74) is -4.25. The van der Waals surface area contributed by atoms with Gasteiger partial charge in [0.15, 0.2) is 0 Å². The molecule has 0 aliphatic heterocycles. The van der Waals surface area contributed by atoms with Crippen LogP contribution in [0, 0.1) is 0 Å². The number of nitrogens with zero attached hydrogens (tertiary/aromatic N) is 1. The van der Waals surface area contributed by atoms with Crippen molar-refractivity contribution in [2.75, 3.05) is 17.7 Å². The lowest BCUT2D eigenvalue weighted by molar-refractivity contribution is -0.0436. The first kappa shape index (κ1) is 16.1. The first-order chi connectivity index (χ1) is 10.2. The largest absolute Gasteiger partial charge is 0.501 e. The van der Waals surface area contributed by atoms with Gasteiger partial charge in [0.2, 0.25) is 0 Å². The van der Waals surface area contributed by atoms with Crippen molar-refractivity contribution in [3.05, 3.63) is 42.6 Å². The summed E-state index contributed by atoms with van der Waals surface area (Å²) in [6.45, 7) is 0. The van der Waals surface area contributed by atoms with Crippen molar-refractivity contribution >= 4 is 27.0 Å². The average molecular weight is 331 g/mol. The van der Waals surface area contributed by atoms with E-state index in [4.69, 9.17) is 0 Å². The highest BCUT2D eigenvalue weighted by atomic mass is 32.2. The lowest BCUT2D eigenvalue weighted by Crippen LogP contribution is -2.23. The number of hydrogen-bond donors (Lipinski definition) is 2. The molecule has 1 heterocycles. The third-order valence-corrected chi connectivity index (χ3v) is 4.28. The summed E-state index contributed by atoms with van der Waals surface area (Å²) >= 11 is 0. The highest BCUT2D eigenvalue weighted by Gasteiger charge is 2.46. The van der Waals surface area contributed by atoms with E-state index in [0.717, 1.165) is 12.1 Å². The molecule has 22 heavy (non-hydrogen) atoms. The fraction of sp³-hybridized carbons (Fsp3) is 0.154. The number of halogens is 3. The number of anilines is 3. The Bertz CT molecular complexity index is 742. The third kappa shape index (κ3) is 3.30. The summed E-state index contributed by atoms with van der Waals surface area (Å²) in [5.74, 6) is 0.664. The predicted octanol–water partition coefficient (Wildman–Crippen LogP) is 3.16. The van der Waals surface area contributed by atoms with Gasteiger partial charge in [-0.15, -0.1) is 0 Å². The van der Waals surface area contributed by atoms with Gasteiger partial charge in [0, 0.05) is 12.7 Å². The van der Waals surface area contributed by atoms with Crippen LogP contribution in [0.15, 0.2) is 47.5 Å². The lowest BCUT2D eigenvalue weighted by atomic mass is 10.3. The highest BCUT2D eigenvalue weighted by molar-refractivity contribution is 7.92. The van der Waals surface area contributed by atoms with Gasteiger partial charge >= 0.3 is 5.51 Å². The molecule has 0 radical (unpaired) electrons. The second-order valence-electron chi connectivity index (χ2n) is 4.28. The summed E-state index contributed by atoms with van der Waals surface area (Å²) in [4.78, 5) is 3.27. The monoisotopic (exact) mass is 331 g/mol. The van der Waals surface area contributed by atoms with Crippen LogP contribution in [0.3, 0.4) is 0 Å². The molecule has 2 rings (SSSR count). The van der Waals surface area contributed by atoms with Crippen molar-refractivity contribution in [2.24, 2.45) is 0 Å². The topological polar surface area (TPSA) is 71.1 Å². The van der Waals surface area contributed by atoms with Crippen molar-refractivity contribution in [3.63, 3.8) is 0 Å². The van der Waals surface area contributed by atoms with Gasteiger partial charge in [-0.2, -0.15) is 13.2 Å². The molecule has 0 fully saturated rings. The molecule has 0 aliphatic carbocycles. The minimum Gasteiger partial charge on any atom is -0.373 e. The Labute approximate surface area is 125 Å². The van der Waals surface area contributed by atoms with Crippen LogP contribution in [0.5, 0.6) is 0 Å². The normalized spacial score (nSPS) is 12.0. The Kier molecular flexibility index (Phi) is 4.27. The number of benzene rings is 1. The van der Waals surface area contributed by atoms with Crippen LogP contribution in [0.25, 0.3) is 0 Å². The zero-order valence-corrected chi connectivity index (χ0v) is 12.2. The van der Waals surface area contributed by atoms with E-state index in [9.17, 15) is 21.6 Å². The van der Waals surface area contributed by atoms with Gasteiger partial charge in [-0.3, -0.25) is 0 Å². The fourth-order valence-corrected chi connectivity index (χ4v) is 2.40. The standard InChI is InChI=1S/C13H12F3N3O2S/c1-17-12-7-4-10(8-18-12)19-9-2-5-11(6-3-9)22(20,21)13(14,15)16/h2-8,19H,1H3,(H,17,18). The van der Waals surface area contributed by atoms with Crippen LogP contribution < -0.4 is 10.6 Å². The maximum absolute atomic E-state index is 12.4. The minimum absolute atomic E-state index is 0.445. The molecular weight excluding hydrogens is 319 g/mol. The molecule has 0 aliphatic rings. The number of rotatable bonds is 4. The highest BCUT2D eigenvalue weighted by Crippen LogP contribution is 2.31. The molecule has 2 aromatic rings. The van der Waals surface area contributed by atoms with Crippen LogP contribution >= 0.6 is 0 Å². The molecule has 1 aromatic carbocycles. The van der Waals surface area contributed by atoms with Crippen LogP contribution in [-0.2, 0) is 9.84 Å². The maximum Gasteiger partial charge on any atom is 0.501 e. The van der Waals surface area contributed by atoms with Gasteiger partial charge in [0.25, 0.3) is 9.84 Å². The Hall–Kier alpha value is -2.29. The summed E-state index contributed by atoms with van der Waals surface area (Å²) in [5, 5.41) is 5.75. The van der Waals surface area contributed by atoms with Gasteiger partial charge in [-0.1, -0.05) is 0 Å². The maximum atomic E-state index is 12.4. The van der Waals surface area contributed by atoms with E-state index in [1.54, 1.807) is 19.2 Å². The van der Waals surface area contributed by atoms with Gasteiger partial charge < -0.3 is 10.6 Å². The minimum atomic E-state index is -5.32. The molecule has 0 unspecified atom stereocenters. The third-order valence-electron chi connectivity index (χ3n) is 2.78. The van der Waals surface area contributed by atoms with Crippen LogP contribution in [0.4, 0.5) is 30.4 Å². The Morgan fingerprint density at radius 2 is 1.59 bits per heavy atom. The zero-order chi connectivity index (χ0) is 16.4. The van der Waals surface area contributed by atoms with Crippen LogP contribution in [0.1, 0.15) is 0 Å². The fourth-order valence-electron chi connectivity index (χ4n) is 1.63. The number of hydrogen-bond acceptors (Lipinski definition) is 5. The summed E-state index contributed by atoms with van der Waals surface area (Å²) in [6.07, 6.45) is 1.53. The predicted molar refractivity (Wildman–Crippen MR) is 76.7 cm³/mol. The molecule has 9 heteroatoms. The van der Waals surface area contributed by atoms with Crippen molar-refractivity contribution in [1.29, 1.82) is 0 Å². The number of pyridine rings is 1. The molecule has 118 valence electrons. The van der Waals surface area contributed by atoms with Gasteiger partial charge in [-0.05, 0) is 36.4 Å². The van der Waals surface area contributed by atoms with E-state index in [2.05, 4.69) is 15.6 Å². The average Bonchev–Trinajstić information content (AvgIpc) is 2.47. The SMILES string of the molecule is CNc1ccc(Nc2ccc(S(=O)(=O)C(F)(F)F)cc2)cn1. The van der Waals surface area contributed by atoms with Crippen LogP contribution in [-0.4, -0.2) is 26.0 Å². The van der Waals surface area contributed by atoms with E-state index < -0.39 is 20.2 Å². The molecule has 0 bridgehead atoms. The van der Waals surface area contributed by atoms with Gasteiger partial charge in [0.05, 0.1) is 16.8 Å². The number of aromatic nitrogens is 1. The number of nitrogens with one attached hydrogen (secondary N) is 2. The zero-order valence-electron chi connectivity index (χ0n) is 11.3. The Balaban J connectivity index is 2.18. The summed E-state index contributed by atoms with van der Waals surface area (Å²) < 4.78 is 59.7. The van der Waals surface area contributed by atoms with Crippen LogP contribution in [0.2, 0.25) is 0 Å². The molecule has 2 N–H and O–H groups in total. The Morgan fingerprint density at radius 3 is 2.05 bits per heavy atom. The molecule has 5 nitrogen and oxygen atoms in total. The van der Waals surface area contributed by atoms with E-state index in [1.807, 2.05) is 0 Å². The van der Waals surface area contributed by atoms with Gasteiger partial charge in [-0.25, -0.2) is 13.4 Å². The second-order valence-corrected chi connectivity index (χ2v) is 6.22. The van der Waals surface area contributed by atoms with Gasteiger partial charge in [0.1, 0.15) is 5.82 Å². The van der Waals surface area contributed by atoms with E-state index >= 15 is 0 Å². The van der Waals surface area contributed by atoms with Crippen molar-refractivity contribution in [1.82, 2.24) is 4.98 Å². The molecule has 0 atom stereocenters. The lowest BCUT2D eigenvalue weighted by Gasteiger charge is -2.10. The number of sulfone groups is 1. The Morgan fingerprint density at radius 1 is 1.00 bits per heavy atom. The number of alkyl halides is 3. The molecule has 0 amide bonds. The molecule has 0 saturated carbocycles. The van der Waals surface area contributed by atoms with E-state index in [1.165, 1.54) is 18.3 Å².